The molecule has 6 heteroatoms. The summed E-state index contributed by atoms with van der Waals surface area (Å²) in [5.74, 6) is 2.18. The number of benzene rings is 2. The van der Waals surface area contributed by atoms with Crippen LogP contribution < -0.4 is 19.1 Å². The third-order valence-corrected chi connectivity index (χ3v) is 6.63. The van der Waals surface area contributed by atoms with E-state index in [0.717, 1.165) is 47.1 Å². The molecule has 0 N–H and O–H groups in total. The van der Waals surface area contributed by atoms with Crippen LogP contribution in [0.15, 0.2) is 28.7 Å². The first kappa shape index (κ1) is 14.9. The number of nitrogens with zero attached hydrogens (tertiary/aromatic N) is 1. The summed E-state index contributed by atoms with van der Waals surface area (Å²) < 4.78 is 18.0. The van der Waals surface area contributed by atoms with Gasteiger partial charge in [-0.1, -0.05) is 22.0 Å². The van der Waals surface area contributed by atoms with Crippen molar-refractivity contribution >= 4 is 27.5 Å². The smallest absolute Gasteiger partial charge is 0.245 e. The van der Waals surface area contributed by atoms with Crippen LogP contribution in [0.25, 0.3) is 0 Å². The van der Waals surface area contributed by atoms with Crippen molar-refractivity contribution in [1.82, 2.24) is 0 Å². The molecule has 0 bridgehead atoms. The minimum Gasteiger partial charge on any atom is -0.491 e. The maximum atomic E-state index is 13.7. The second kappa shape index (κ2) is 4.94. The average molecular weight is 414 g/mol. The zero-order valence-electron chi connectivity index (χ0n) is 14.0. The molecule has 4 aliphatic heterocycles. The molecule has 132 valence electrons. The average Bonchev–Trinajstić information content (AvgIpc) is 3.25. The molecule has 2 aromatic rings. The molecular weight excluding hydrogens is 398 g/mol. The lowest BCUT2D eigenvalue weighted by Gasteiger charge is -2.23. The van der Waals surface area contributed by atoms with Crippen LogP contribution in [0.3, 0.4) is 0 Å². The van der Waals surface area contributed by atoms with Gasteiger partial charge in [0.05, 0.1) is 5.69 Å². The van der Waals surface area contributed by atoms with E-state index in [0.29, 0.717) is 23.9 Å². The number of halogens is 1. The predicted molar refractivity (Wildman–Crippen MR) is 98.3 cm³/mol. The summed E-state index contributed by atoms with van der Waals surface area (Å²) in [7, 11) is 0. The van der Waals surface area contributed by atoms with Gasteiger partial charge in [-0.05, 0) is 37.0 Å². The Kier molecular flexibility index (Phi) is 2.83. The maximum absolute atomic E-state index is 13.7. The molecule has 2 aromatic carbocycles. The first-order valence-corrected chi connectivity index (χ1v) is 9.70. The number of fused-ring (bicyclic) bond motifs is 4. The quantitative estimate of drug-likeness (QED) is 0.662. The lowest BCUT2D eigenvalue weighted by Crippen LogP contribution is -2.42. The molecule has 1 unspecified atom stereocenters. The Hall–Kier alpha value is -2.21. The van der Waals surface area contributed by atoms with Crippen LogP contribution in [0.2, 0.25) is 0 Å². The number of rotatable bonds is 0. The maximum Gasteiger partial charge on any atom is 0.245 e. The second-order valence-corrected chi connectivity index (χ2v) is 8.09. The van der Waals surface area contributed by atoms with E-state index < -0.39 is 5.41 Å². The Balaban J connectivity index is 1.66. The van der Waals surface area contributed by atoms with E-state index in [4.69, 9.17) is 14.2 Å². The van der Waals surface area contributed by atoms with Gasteiger partial charge in [-0.25, -0.2) is 0 Å². The summed E-state index contributed by atoms with van der Waals surface area (Å²) in [6.45, 7) is 1.28. The molecule has 1 spiro atoms. The van der Waals surface area contributed by atoms with Gasteiger partial charge >= 0.3 is 0 Å². The molecule has 4 aliphatic rings. The number of carbonyl (C=O) groups is 1. The van der Waals surface area contributed by atoms with Crippen molar-refractivity contribution in [3.63, 3.8) is 0 Å². The van der Waals surface area contributed by atoms with Gasteiger partial charge in [0.2, 0.25) is 12.7 Å². The third-order valence-electron chi connectivity index (χ3n) is 5.97. The summed E-state index contributed by atoms with van der Waals surface area (Å²) in [5.41, 5.74) is 3.45. The molecule has 26 heavy (non-hydrogen) atoms. The fraction of sp³-hybridized carbons (Fsp3) is 0.350. The van der Waals surface area contributed by atoms with E-state index in [9.17, 15) is 4.79 Å². The Morgan fingerprint density at radius 2 is 1.88 bits per heavy atom. The standard InChI is InChI=1S/C20H16BrNO4/c21-13-5-4-11-3-1-2-6-22-18(11)17(13)20(19(22)23)9-24-14-8-16-15(7-12(14)20)25-10-26-16/h4-5,7-8H,1-3,6,9-10H2. The molecule has 6 rings (SSSR count). The van der Waals surface area contributed by atoms with Gasteiger partial charge in [-0.2, -0.15) is 0 Å². The second-order valence-electron chi connectivity index (χ2n) is 7.24. The molecule has 1 amide bonds. The van der Waals surface area contributed by atoms with Gasteiger partial charge < -0.3 is 19.1 Å². The van der Waals surface area contributed by atoms with Gasteiger partial charge in [0, 0.05) is 28.2 Å². The van der Waals surface area contributed by atoms with Gasteiger partial charge in [0.1, 0.15) is 17.8 Å². The molecular formula is C20H16BrNO4. The minimum absolute atomic E-state index is 0.111. The van der Waals surface area contributed by atoms with Crippen LogP contribution >= 0.6 is 15.9 Å². The predicted octanol–water partition coefficient (Wildman–Crippen LogP) is 3.54. The molecule has 0 radical (unpaired) electrons. The Bertz CT molecular complexity index is 988. The highest BCUT2D eigenvalue weighted by Crippen LogP contribution is 2.58. The van der Waals surface area contributed by atoms with Crippen molar-refractivity contribution in [1.29, 1.82) is 0 Å². The molecule has 0 saturated carbocycles. The zero-order valence-corrected chi connectivity index (χ0v) is 15.6. The monoisotopic (exact) mass is 413 g/mol. The molecule has 0 fully saturated rings. The van der Waals surface area contributed by atoms with Crippen molar-refractivity contribution in [2.75, 3.05) is 24.8 Å². The lowest BCUT2D eigenvalue weighted by atomic mass is 9.76. The number of amides is 1. The minimum atomic E-state index is -0.808. The fourth-order valence-electron chi connectivity index (χ4n) is 4.79. The Morgan fingerprint density at radius 1 is 1.04 bits per heavy atom. The highest BCUT2D eigenvalue weighted by Gasteiger charge is 2.59. The van der Waals surface area contributed by atoms with Gasteiger partial charge in [0.25, 0.3) is 0 Å². The van der Waals surface area contributed by atoms with Crippen molar-refractivity contribution in [2.45, 2.75) is 24.7 Å². The van der Waals surface area contributed by atoms with Crippen LogP contribution in [-0.4, -0.2) is 25.9 Å². The Morgan fingerprint density at radius 3 is 2.77 bits per heavy atom. The Labute approximate surface area is 159 Å². The largest absolute Gasteiger partial charge is 0.491 e. The van der Waals surface area contributed by atoms with Crippen LogP contribution in [-0.2, 0) is 16.6 Å². The van der Waals surface area contributed by atoms with E-state index in [-0.39, 0.29) is 12.7 Å². The summed E-state index contributed by atoms with van der Waals surface area (Å²) in [6.07, 6.45) is 3.13. The van der Waals surface area contributed by atoms with Crippen molar-refractivity contribution in [3.05, 3.63) is 45.4 Å². The topological polar surface area (TPSA) is 48.0 Å². The fourth-order valence-corrected chi connectivity index (χ4v) is 5.45. The SMILES string of the molecule is O=C1N2CCCCc3ccc(Br)c(c32)C12COc1cc3c(cc12)OCO3. The molecule has 4 heterocycles. The molecule has 0 saturated heterocycles. The first-order valence-electron chi connectivity index (χ1n) is 8.91. The molecule has 5 nitrogen and oxygen atoms in total. The van der Waals surface area contributed by atoms with E-state index in [1.54, 1.807) is 0 Å². The summed E-state index contributed by atoms with van der Waals surface area (Å²) in [5, 5.41) is 0. The number of hydrogen-bond acceptors (Lipinski definition) is 4. The summed E-state index contributed by atoms with van der Waals surface area (Å²) >= 11 is 3.72. The van der Waals surface area contributed by atoms with Gasteiger partial charge in [0.15, 0.2) is 11.5 Å². The number of aryl methyl sites for hydroxylation is 1. The summed E-state index contributed by atoms with van der Waals surface area (Å²) in [4.78, 5) is 15.7. The highest BCUT2D eigenvalue weighted by molar-refractivity contribution is 9.10. The van der Waals surface area contributed by atoms with Crippen LogP contribution in [0, 0.1) is 0 Å². The van der Waals surface area contributed by atoms with Crippen molar-refractivity contribution in [3.8, 4) is 17.2 Å². The number of hydrogen-bond donors (Lipinski definition) is 0. The van der Waals surface area contributed by atoms with E-state index in [2.05, 4.69) is 28.1 Å². The van der Waals surface area contributed by atoms with E-state index in [1.165, 1.54) is 5.56 Å². The van der Waals surface area contributed by atoms with E-state index in [1.807, 2.05) is 17.0 Å². The molecule has 1 atom stereocenters. The lowest BCUT2D eigenvalue weighted by molar-refractivity contribution is -0.122. The van der Waals surface area contributed by atoms with Crippen LogP contribution in [0.1, 0.15) is 29.5 Å². The molecule has 0 aliphatic carbocycles. The first-order chi connectivity index (χ1) is 12.7. The third kappa shape index (κ3) is 1.64. The zero-order chi connectivity index (χ0) is 17.5. The number of carbonyl (C=O) groups excluding carboxylic acids is 1. The molecule has 0 aromatic heterocycles. The highest BCUT2D eigenvalue weighted by atomic mass is 79.9. The number of ether oxygens (including phenoxy) is 3. The normalized spacial score (nSPS) is 24.5. The van der Waals surface area contributed by atoms with Gasteiger partial charge in [-0.3, -0.25) is 4.79 Å². The van der Waals surface area contributed by atoms with Crippen LogP contribution in [0.5, 0.6) is 17.2 Å². The van der Waals surface area contributed by atoms with Crippen molar-refractivity contribution < 1.29 is 19.0 Å². The van der Waals surface area contributed by atoms with Crippen molar-refractivity contribution in [2.24, 2.45) is 0 Å². The van der Waals surface area contributed by atoms with E-state index >= 15 is 0 Å². The summed E-state index contributed by atoms with van der Waals surface area (Å²) in [6, 6.07) is 8.00. The van der Waals surface area contributed by atoms with Gasteiger partial charge in [-0.15, -0.1) is 0 Å². The van der Waals surface area contributed by atoms with Crippen LogP contribution in [0.4, 0.5) is 5.69 Å². The number of anilines is 1.